The Kier molecular flexibility index (Phi) is 5.76. The summed E-state index contributed by atoms with van der Waals surface area (Å²) >= 11 is 0. The number of hydrogen-bond acceptors (Lipinski definition) is 5. The number of aliphatic hydroxyl groups is 1. The zero-order chi connectivity index (χ0) is 21.3. The zero-order valence-electron chi connectivity index (χ0n) is 17.4. The highest BCUT2D eigenvalue weighted by molar-refractivity contribution is 5.95. The van der Waals surface area contributed by atoms with Crippen LogP contribution in [0, 0.1) is 0 Å². The Morgan fingerprint density at radius 2 is 2.17 bits per heavy atom. The normalized spacial score (nSPS) is 20.8. The lowest BCUT2D eigenvalue weighted by molar-refractivity contribution is -0.119. The molecule has 2 atom stereocenters. The van der Waals surface area contributed by atoms with Crippen LogP contribution in [0.15, 0.2) is 24.5 Å². The minimum absolute atomic E-state index is 0.00950. The molecule has 0 spiro atoms. The number of carbonyl (C=O) groups excluding carboxylic acids is 2. The highest BCUT2D eigenvalue weighted by atomic mass is 16.5. The summed E-state index contributed by atoms with van der Waals surface area (Å²) in [4.78, 5) is 25.7. The second-order valence-electron chi connectivity index (χ2n) is 8.05. The van der Waals surface area contributed by atoms with E-state index in [1.165, 1.54) is 0 Å². The smallest absolute Gasteiger partial charge is 0.224 e. The summed E-state index contributed by atoms with van der Waals surface area (Å²) in [6.45, 7) is 4.47. The van der Waals surface area contributed by atoms with Crippen molar-refractivity contribution in [3.63, 3.8) is 0 Å². The van der Waals surface area contributed by atoms with E-state index in [4.69, 9.17) is 4.74 Å². The van der Waals surface area contributed by atoms with Crippen molar-refractivity contribution in [3.8, 4) is 16.9 Å². The lowest BCUT2D eigenvalue weighted by Crippen LogP contribution is -2.41. The predicted octanol–water partition coefficient (Wildman–Crippen LogP) is 1.89. The third kappa shape index (κ3) is 3.92. The lowest BCUT2D eigenvalue weighted by atomic mass is 9.92. The number of ether oxygens (including phenoxy) is 1. The van der Waals surface area contributed by atoms with Crippen LogP contribution < -0.4 is 15.0 Å². The first-order valence-corrected chi connectivity index (χ1v) is 10.5. The van der Waals surface area contributed by atoms with E-state index in [0.29, 0.717) is 19.6 Å². The predicted molar refractivity (Wildman–Crippen MR) is 112 cm³/mol. The van der Waals surface area contributed by atoms with E-state index >= 15 is 0 Å². The van der Waals surface area contributed by atoms with Crippen molar-refractivity contribution in [2.75, 3.05) is 18.1 Å². The molecule has 2 aliphatic rings. The molecule has 1 aromatic carbocycles. The molecule has 1 aromatic heterocycles. The van der Waals surface area contributed by atoms with Crippen LogP contribution in [0.25, 0.3) is 11.1 Å². The molecule has 0 bridgehead atoms. The Morgan fingerprint density at radius 1 is 1.33 bits per heavy atom. The van der Waals surface area contributed by atoms with Crippen molar-refractivity contribution in [3.05, 3.63) is 30.1 Å². The van der Waals surface area contributed by atoms with Gasteiger partial charge >= 0.3 is 0 Å². The van der Waals surface area contributed by atoms with E-state index < -0.39 is 0 Å². The van der Waals surface area contributed by atoms with Crippen molar-refractivity contribution >= 4 is 17.5 Å². The molecule has 0 saturated carbocycles. The van der Waals surface area contributed by atoms with Gasteiger partial charge < -0.3 is 20.1 Å². The Labute approximate surface area is 175 Å². The van der Waals surface area contributed by atoms with E-state index in [9.17, 15) is 14.7 Å². The maximum Gasteiger partial charge on any atom is 0.224 e. The Morgan fingerprint density at radius 3 is 2.87 bits per heavy atom. The number of fused-ring (bicyclic) bond motifs is 1. The van der Waals surface area contributed by atoms with Gasteiger partial charge in [0.25, 0.3) is 0 Å². The molecule has 30 heavy (non-hydrogen) atoms. The van der Waals surface area contributed by atoms with E-state index in [1.807, 2.05) is 23.2 Å². The first-order chi connectivity index (χ1) is 14.5. The fourth-order valence-corrected chi connectivity index (χ4v) is 4.39. The minimum Gasteiger partial charge on any atom is -0.490 e. The number of amides is 2. The Hall–Kier alpha value is -2.87. The third-order valence-corrected chi connectivity index (χ3v) is 5.87. The van der Waals surface area contributed by atoms with Crippen LogP contribution in [0.4, 0.5) is 5.69 Å². The van der Waals surface area contributed by atoms with Crippen molar-refractivity contribution in [1.29, 1.82) is 0 Å². The van der Waals surface area contributed by atoms with Crippen molar-refractivity contribution < 1.29 is 19.4 Å². The molecule has 2 aliphatic heterocycles. The molecule has 0 aliphatic carbocycles. The van der Waals surface area contributed by atoms with Crippen LogP contribution in [0.2, 0.25) is 0 Å². The van der Waals surface area contributed by atoms with Crippen LogP contribution in [0.1, 0.15) is 38.7 Å². The molecular formula is C22H28N4O4. The maximum atomic E-state index is 12.3. The molecular weight excluding hydrogens is 384 g/mol. The monoisotopic (exact) mass is 412 g/mol. The van der Waals surface area contributed by atoms with E-state index in [1.54, 1.807) is 17.8 Å². The summed E-state index contributed by atoms with van der Waals surface area (Å²) in [5.74, 6) is 0.817. The fourth-order valence-electron chi connectivity index (χ4n) is 4.39. The van der Waals surface area contributed by atoms with Crippen molar-refractivity contribution in [2.24, 2.45) is 0 Å². The van der Waals surface area contributed by atoms with Crippen LogP contribution in [-0.4, -0.2) is 52.0 Å². The van der Waals surface area contributed by atoms with Gasteiger partial charge in [-0.25, -0.2) is 0 Å². The second-order valence-corrected chi connectivity index (χ2v) is 8.05. The number of hydrogen-bond donors (Lipinski definition) is 2. The molecule has 1 saturated heterocycles. The third-order valence-electron chi connectivity index (χ3n) is 5.87. The van der Waals surface area contributed by atoms with Gasteiger partial charge in [0.05, 0.1) is 31.1 Å². The van der Waals surface area contributed by atoms with Crippen LogP contribution >= 0.6 is 0 Å². The average Bonchev–Trinajstić information content (AvgIpc) is 3.34. The number of anilines is 1. The number of carbonyl (C=O) groups is 2. The molecule has 8 nitrogen and oxygen atoms in total. The molecule has 2 amide bonds. The van der Waals surface area contributed by atoms with Gasteiger partial charge in [0.15, 0.2) is 0 Å². The van der Waals surface area contributed by atoms with Crippen LogP contribution in [0.5, 0.6) is 5.75 Å². The number of aromatic nitrogens is 2. The molecule has 2 aromatic rings. The number of aliphatic hydroxyl groups excluding tert-OH is 1. The summed E-state index contributed by atoms with van der Waals surface area (Å²) in [5, 5.41) is 16.5. The highest BCUT2D eigenvalue weighted by Crippen LogP contribution is 2.43. The fraction of sp³-hybridized carbons (Fsp3) is 0.500. The van der Waals surface area contributed by atoms with E-state index in [0.717, 1.165) is 47.4 Å². The zero-order valence-corrected chi connectivity index (χ0v) is 17.4. The number of nitrogens with one attached hydrogen (secondary N) is 1. The van der Waals surface area contributed by atoms with Crippen molar-refractivity contribution in [2.45, 2.75) is 58.2 Å². The first kappa shape index (κ1) is 20.4. The van der Waals surface area contributed by atoms with Gasteiger partial charge in [-0.3, -0.25) is 14.3 Å². The summed E-state index contributed by atoms with van der Waals surface area (Å²) < 4.78 is 8.01. The molecule has 2 N–H and O–H groups in total. The molecule has 0 radical (unpaired) electrons. The summed E-state index contributed by atoms with van der Waals surface area (Å²) in [7, 11) is 0. The summed E-state index contributed by atoms with van der Waals surface area (Å²) in [6.07, 6.45) is 6.60. The molecule has 3 heterocycles. The standard InChI is InChI=1S/C22H28N4O4/c1-14-3-5-19-20(26(14)15(2)28)7-6-18(16-11-23-25(12-16)9-10-27)22(19)30-13-17-4-8-21(29)24-17/h6-7,11-12,14,17,27H,3-5,8-10,13H2,1-2H3,(H,24,29)/t14-,17?/m0/s1. The SMILES string of the molecule is CC(=O)N1c2ccc(-c3cnn(CCO)c3)c(OCC3CCC(=O)N3)c2CC[C@@H]1C. The Balaban J connectivity index is 1.73. The van der Waals surface area contributed by atoms with Gasteiger partial charge in [0.1, 0.15) is 12.4 Å². The summed E-state index contributed by atoms with van der Waals surface area (Å²) in [6, 6.07) is 4.07. The largest absolute Gasteiger partial charge is 0.490 e. The number of nitrogens with zero attached hydrogens (tertiary/aromatic N) is 3. The minimum atomic E-state index is -0.00950. The van der Waals surface area contributed by atoms with Gasteiger partial charge in [-0.05, 0) is 38.3 Å². The van der Waals surface area contributed by atoms with Crippen LogP contribution in [-0.2, 0) is 22.6 Å². The number of benzene rings is 1. The Bertz CT molecular complexity index is 955. The maximum absolute atomic E-state index is 12.3. The van der Waals surface area contributed by atoms with Gasteiger partial charge in [-0.15, -0.1) is 0 Å². The van der Waals surface area contributed by atoms with E-state index in [-0.39, 0.29) is 30.5 Å². The van der Waals surface area contributed by atoms with Gasteiger partial charge in [-0.1, -0.05) is 0 Å². The quantitative estimate of drug-likeness (QED) is 0.755. The molecule has 8 heteroatoms. The lowest BCUT2D eigenvalue weighted by Gasteiger charge is -2.36. The topological polar surface area (TPSA) is 96.7 Å². The van der Waals surface area contributed by atoms with Gasteiger partial charge in [0.2, 0.25) is 11.8 Å². The average molecular weight is 412 g/mol. The highest BCUT2D eigenvalue weighted by Gasteiger charge is 2.30. The van der Waals surface area contributed by atoms with Gasteiger partial charge in [0, 0.05) is 42.3 Å². The van der Waals surface area contributed by atoms with Crippen LogP contribution in [0.3, 0.4) is 0 Å². The second kappa shape index (κ2) is 8.47. The summed E-state index contributed by atoms with van der Waals surface area (Å²) in [5.41, 5.74) is 3.70. The molecule has 160 valence electrons. The molecule has 1 fully saturated rings. The molecule has 1 unspecified atom stereocenters. The van der Waals surface area contributed by atoms with E-state index in [2.05, 4.69) is 17.3 Å². The van der Waals surface area contributed by atoms with Crippen molar-refractivity contribution in [1.82, 2.24) is 15.1 Å². The number of rotatable bonds is 6. The molecule has 4 rings (SSSR count). The van der Waals surface area contributed by atoms with Gasteiger partial charge in [-0.2, -0.15) is 5.10 Å². The first-order valence-electron chi connectivity index (χ1n) is 10.5.